The highest BCUT2D eigenvalue weighted by atomic mass is 32.1. The normalized spacial score (nSPS) is 18.5. The predicted molar refractivity (Wildman–Crippen MR) is 124 cm³/mol. The average molecular weight is 439 g/mol. The van der Waals surface area contributed by atoms with E-state index in [1.807, 2.05) is 31.2 Å². The van der Waals surface area contributed by atoms with Crippen molar-refractivity contribution in [2.24, 2.45) is 0 Å². The standard InChI is InChI=1S/C24H27FN4OS/c1-16-14-20(17(2)29(16)19-9-6-8-18(25)15-19)23-22(21-10-4-5-11-26-21)27-24(31)28(23)12-7-13-30-3/h4-6,8-11,14-15,22-23H,7,12-13H2,1-3H3,(H,27,31)/t22-,23+/m1/s1. The first-order valence-electron chi connectivity index (χ1n) is 10.4. The number of nitrogens with zero attached hydrogens (tertiary/aromatic N) is 3. The first-order valence-corrected chi connectivity index (χ1v) is 10.8. The highest BCUT2D eigenvalue weighted by Gasteiger charge is 2.41. The number of hydrogen-bond donors (Lipinski definition) is 1. The molecule has 162 valence electrons. The highest BCUT2D eigenvalue weighted by molar-refractivity contribution is 7.80. The molecule has 5 nitrogen and oxygen atoms in total. The maximum absolute atomic E-state index is 13.9. The van der Waals surface area contributed by atoms with Gasteiger partial charge in [0.05, 0.1) is 17.8 Å². The quantitative estimate of drug-likeness (QED) is 0.430. The molecule has 0 bridgehead atoms. The molecule has 0 saturated carbocycles. The second-order valence-corrected chi connectivity index (χ2v) is 8.19. The molecule has 0 unspecified atom stereocenters. The number of nitrogens with one attached hydrogen (secondary N) is 1. The molecule has 2 atom stereocenters. The highest BCUT2D eigenvalue weighted by Crippen LogP contribution is 2.41. The lowest BCUT2D eigenvalue weighted by Crippen LogP contribution is -2.31. The molecule has 1 N–H and O–H groups in total. The van der Waals surface area contributed by atoms with Gasteiger partial charge in [0.2, 0.25) is 0 Å². The predicted octanol–water partition coefficient (Wildman–Crippen LogP) is 4.64. The summed E-state index contributed by atoms with van der Waals surface area (Å²) in [5.41, 5.74) is 5.03. The van der Waals surface area contributed by atoms with E-state index < -0.39 is 0 Å². The van der Waals surface area contributed by atoms with Gasteiger partial charge in [-0.1, -0.05) is 12.1 Å². The van der Waals surface area contributed by atoms with Crippen LogP contribution in [0.2, 0.25) is 0 Å². The Labute approximate surface area is 187 Å². The van der Waals surface area contributed by atoms with E-state index in [0.29, 0.717) is 11.7 Å². The van der Waals surface area contributed by atoms with Gasteiger partial charge in [-0.3, -0.25) is 4.98 Å². The zero-order valence-corrected chi connectivity index (χ0v) is 18.8. The van der Waals surface area contributed by atoms with Gasteiger partial charge in [0.1, 0.15) is 5.82 Å². The van der Waals surface area contributed by atoms with Gasteiger partial charge >= 0.3 is 0 Å². The Hall–Kier alpha value is -2.77. The smallest absolute Gasteiger partial charge is 0.170 e. The van der Waals surface area contributed by atoms with Gasteiger partial charge in [-0.2, -0.15) is 0 Å². The van der Waals surface area contributed by atoms with Gasteiger partial charge in [0, 0.05) is 43.5 Å². The zero-order chi connectivity index (χ0) is 22.0. The summed E-state index contributed by atoms with van der Waals surface area (Å²) in [7, 11) is 1.71. The minimum absolute atomic E-state index is 0.0206. The van der Waals surface area contributed by atoms with Crippen LogP contribution in [0.3, 0.4) is 0 Å². The fourth-order valence-corrected chi connectivity index (χ4v) is 4.80. The van der Waals surface area contributed by atoms with Crippen LogP contribution in [-0.2, 0) is 4.74 Å². The molecule has 3 heterocycles. The number of aromatic nitrogens is 2. The third kappa shape index (κ3) is 4.20. The average Bonchev–Trinajstić information content (AvgIpc) is 3.24. The molecule has 1 aliphatic rings. The van der Waals surface area contributed by atoms with Gasteiger partial charge in [-0.25, -0.2) is 4.39 Å². The van der Waals surface area contributed by atoms with Crippen LogP contribution in [0.4, 0.5) is 4.39 Å². The van der Waals surface area contributed by atoms with E-state index >= 15 is 0 Å². The van der Waals surface area contributed by atoms with Crippen molar-refractivity contribution in [3.63, 3.8) is 0 Å². The summed E-state index contributed by atoms with van der Waals surface area (Å²) < 4.78 is 21.3. The van der Waals surface area contributed by atoms with Crippen LogP contribution >= 0.6 is 12.2 Å². The number of methoxy groups -OCH3 is 1. The molecule has 1 aromatic carbocycles. The van der Waals surface area contributed by atoms with Crippen LogP contribution in [0.1, 0.15) is 41.1 Å². The lowest BCUT2D eigenvalue weighted by Gasteiger charge is -2.28. The van der Waals surface area contributed by atoms with Crippen LogP contribution in [0.15, 0.2) is 54.7 Å². The van der Waals surface area contributed by atoms with Crippen molar-refractivity contribution in [3.8, 4) is 5.69 Å². The number of hydrogen-bond acceptors (Lipinski definition) is 3. The SMILES string of the molecule is COCCCN1C(=S)N[C@H](c2ccccn2)[C@@H]1c1cc(C)n(-c2cccc(F)c2)c1C. The van der Waals surface area contributed by atoms with E-state index in [0.717, 1.165) is 41.3 Å². The number of benzene rings is 1. The second-order valence-electron chi connectivity index (χ2n) is 7.81. The monoisotopic (exact) mass is 438 g/mol. The summed E-state index contributed by atoms with van der Waals surface area (Å²) >= 11 is 5.73. The second kappa shape index (κ2) is 9.16. The van der Waals surface area contributed by atoms with Gasteiger partial charge < -0.3 is 19.5 Å². The van der Waals surface area contributed by atoms with Crippen molar-refractivity contribution in [3.05, 3.63) is 83.2 Å². The molecule has 0 amide bonds. The van der Waals surface area contributed by atoms with E-state index in [2.05, 4.69) is 32.8 Å². The molecule has 0 radical (unpaired) electrons. The van der Waals surface area contributed by atoms with E-state index in [-0.39, 0.29) is 17.9 Å². The summed E-state index contributed by atoms with van der Waals surface area (Å²) in [5, 5.41) is 4.20. The first kappa shape index (κ1) is 21.5. The summed E-state index contributed by atoms with van der Waals surface area (Å²) in [4.78, 5) is 6.83. The number of ether oxygens (including phenoxy) is 1. The first-order chi connectivity index (χ1) is 15.0. The Bertz CT molecular complexity index is 1070. The molecule has 0 aliphatic carbocycles. The number of thiocarbonyl (C=S) groups is 1. The van der Waals surface area contributed by atoms with Crippen LogP contribution < -0.4 is 5.32 Å². The number of aryl methyl sites for hydroxylation is 1. The Morgan fingerprint density at radius 2 is 2.00 bits per heavy atom. The van der Waals surface area contributed by atoms with Crippen LogP contribution in [0.25, 0.3) is 5.69 Å². The number of rotatable bonds is 7. The van der Waals surface area contributed by atoms with E-state index in [4.69, 9.17) is 17.0 Å². The molecule has 0 spiro atoms. The Morgan fingerprint density at radius 1 is 1.16 bits per heavy atom. The minimum Gasteiger partial charge on any atom is -0.385 e. The third-order valence-electron chi connectivity index (χ3n) is 5.80. The third-order valence-corrected chi connectivity index (χ3v) is 6.15. The summed E-state index contributed by atoms with van der Waals surface area (Å²) in [6, 6.07) is 14.7. The lowest BCUT2D eigenvalue weighted by atomic mass is 9.96. The largest absolute Gasteiger partial charge is 0.385 e. The van der Waals surface area contributed by atoms with Gasteiger partial charge in [0.15, 0.2) is 5.11 Å². The van der Waals surface area contributed by atoms with Crippen LogP contribution in [0, 0.1) is 19.7 Å². The molecule has 1 fully saturated rings. The van der Waals surface area contributed by atoms with Crippen molar-refractivity contribution in [2.75, 3.05) is 20.3 Å². The number of halogens is 1. The fourth-order valence-electron chi connectivity index (χ4n) is 4.46. The molecule has 2 aromatic heterocycles. The molecule has 1 saturated heterocycles. The number of pyridine rings is 1. The van der Waals surface area contributed by atoms with Crippen molar-refractivity contribution in [2.45, 2.75) is 32.4 Å². The minimum atomic E-state index is -0.247. The van der Waals surface area contributed by atoms with Gasteiger partial charge in [0.25, 0.3) is 0 Å². The molecular formula is C24H27FN4OS. The van der Waals surface area contributed by atoms with E-state index in [1.165, 1.54) is 6.07 Å². The topological polar surface area (TPSA) is 42.3 Å². The summed E-state index contributed by atoms with van der Waals surface area (Å²) in [6.45, 7) is 5.57. The van der Waals surface area contributed by atoms with E-state index in [1.54, 1.807) is 25.4 Å². The molecular weight excluding hydrogens is 411 g/mol. The summed E-state index contributed by atoms with van der Waals surface area (Å²) in [5.74, 6) is -0.247. The fraction of sp³-hybridized carbons (Fsp3) is 0.333. The van der Waals surface area contributed by atoms with Crippen molar-refractivity contribution in [1.29, 1.82) is 0 Å². The Balaban J connectivity index is 1.79. The Kier molecular flexibility index (Phi) is 6.34. The van der Waals surface area contributed by atoms with Crippen LogP contribution in [-0.4, -0.2) is 39.8 Å². The maximum Gasteiger partial charge on any atom is 0.170 e. The van der Waals surface area contributed by atoms with Crippen molar-refractivity contribution in [1.82, 2.24) is 19.8 Å². The zero-order valence-electron chi connectivity index (χ0n) is 18.0. The molecule has 4 rings (SSSR count). The van der Waals surface area contributed by atoms with Gasteiger partial charge in [-0.05, 0) is 74.4 Å². The molecule has 31 heavy (non-hydrogen) atoms. The van der Waals surface area contributed by atoms with Crippen LogP contribution in [0.5, 0.6) is 0 Å². The van der Waals surface area contributed by atoms with Crippen molar-refractivity contribution < 1.29 is 9.13 Å². The molecule has 3 aromatic rings. The molecule has 1 aliphatic heterocycles. The van der Waals surface area contributed by atoms with E-state index in [9.17, 15) is 4.39 Å². The summed E-state index contributed by atoms with van der Waals surface area (Å²) in [6.07, 6.45) is 2.67. The molecule has 7 heteroatoms. The lowest BCUT2D eigenvalue weighted by molar-refractivity contribution is 0.180. The van der Waals surface area contributed by atoms with Gasteiger partial charge in [-0.15, -0.1) is 0 Å². The maximum atomic E-state index is 13.9. The van der Waals surface area contributed by atoms with Crippen molar-refractivity contribution >= 4 is 17.3 Å². The Morgan fingerprint density at radius 3 is 2.71 bits per heavy atom.